The van der Waals surface area contributed by atoms with Gasteiger partial charge in [0.2, 0.25) is 16.0 Å². The number of benzene rings is 1. The highest BCUT2D eigenvalue weighted by Gasteiger charge is 2.29. The molecule has 0 atom stereocenters. The highest BCUT2D eigenvalue weighted by molar-refractivity contribution is 7.93. The van der Waals surface area contributed by atoms with Crippen LogP contribution in [0.4, 0.5) is 16.0 Å². The number of anilines is 2. The van der Waals surface area contributed by atoms with Crippen LogP contribution in [0.15, 0.2) is 35.3 Å². The Bertz CT molecular complexity index is 1540. The molecule has 2 heterocycles. The van der Waals surface area contributed by atoms with E-state index in [4.69, 9.17) is 4.98 Å². The number of nitrogens with one attached hydrogen (secondary N) is 2. The molecule has 0 aliphatic heterocycles. The molecule has 2 saturated carbocycles. The van der Waals surface area contributed by atoms with E-state index in [1.54, 1.807) is 22.9 Å². The number of aromatic nitrogens is 3. The number of fused-ring (bicyclic) bond motifs is 1. The van der Waals surface area contributed by atoms with Crippen LogP contribution in [0.25, 0.3) is 22.2 Å². The molecule has 2 aliphatic carbocycles. The van der Waals surface area contributed by atoms with Gasteiger partial charge in [-0.15, -0.1) is 0 Å². The highest BCUT2D eigenvalue weighted by atomic mass is 32.2. The van der Waals surface area contributed by atoms with Crippen LogP contribution < -0.4 is 15.6 Å². The summed E-state index contributed by atoms with van der Waals surface area (Å²) in [7, 11) is 0.563. The standard InChI is InChI=1S/C29H39FN6O3S/c1-18(2)36-27-20(17-31-29(33-27)32-21-10-12-22(13-11-21)35(3)4)15-24(28(36)37)19-9-14-26(25(30)16-19)34-40(38,39)23-7-5-6-8-23/h9,14-18,21-23,34H,5-8,10-13H2,1-4H3,(H,31,32,33)/t21-,22-. The molecule has 2 N–H and O–H groups in total. The van der Waals surface area contributed by atoms with Crippen molar-refractivity contribution in [1.29, 1.82) is 0 Å². The Morgan fingerprint density at radius 2 is 1.75 bits per heavy atom. The summed E-state index contributed by atoms with van der Waals surface area (Å²) in [5.41, 5.74) is 0.778. The van der Waals surface area contributed by atoms with Crippen molar-refractivity contribution in [3.63, 3.8) is 0 Å². The molecular formula is C29H39FN6O3S. The predicted octanol–water partition coefficient (Wildman–Crippen LogP) is 5.15. The van der Waals surface area contributed by atoms with Crippen LogP contribution in [0.1, 0.15) is 71.3 Å². The molecule has 216 valence electrons. The first-order chi connectivity index (χ1) is 19.0. The molecule has 0 saturated heterocycles. The molecule has 0 bridgehead atoms. The van der Waals surface area contributed by atoms with Gasteiger partial charge in [-0.2, -0.15) is 4.98 Å². The lowest BCUT2D eigenvalue weighted by Crippen LogP contribution is -2.36. The van der Waals surface area contributed by atoms with Crippen molar-refractivity contribution in [2.24, 2.45) is 0 Å². The first kappa shape index (κ1) is 28.5. The van der Waals surface area contributed by atoms with E-state index in [9.17, 15) is 13.2 Å². The summed E-state index contributed by atoms with van der Waals surface area (Å²) in [5.74, 6) is -0.234. The van der Waals surface area contributed by atoms with Crippen molar-refractivity contribution < 1.29 is 12.8 Å². The van der Waals surface area contributed by atoms with Crippen LogP contribution in [0, 0.1) is 5.82 Å². The quantitative estimate of drug-likeness (QED) is 0.386. The monoisotopic (exact) mass is 570 g/mol. The van der Waals surface area contributed by atoms with Crippen LogP contribution in [-0.4, -0.2) is 59.3 Å². The number of hydrogen-bond acceptors (Lipinski definition) is 7. The topological polar surface area (TPSA) is 109 Å². The highest BCUT2D eigenvalue weighted by Crippen LogP contribution is 2.30. The molecule has 9 nitrogen and oxygen atoms in total. The van der Waals surface area contributed by atoms with Crippen molar-refractivity contribution in [2.75, 3.05) is 24.1 Å². The maximum Gasteiger partial charge on any atom is 0.260 e. The van der Waals surface area contributed by atoms with E-state index in [0.717, 1.165) is 38.5 Å². The lowest BCUT2D eigenvalue weighted by atomic mass is 9.91. The fourth-order valence-corrected chi connectivity index (χ4v) is 7.59. The van der Waals surface area contributed by atoms with Crippen molar-refractivity contribution in [2.45, 2.75) is 88.6 Å². The van der Waals surface area contributed by atoms with E-state index in [-0.39, 0.29) is 23.3 Å². The van der Waals surface area contributed by atoms with E-state index in [0.29, 0.717) is 47.0 Å². The second kappa shape index (κ2) is 11.4. The van der Waals surface area contributed by atoms with E-state index >= 15 is 4.39 Å². The van der Waals surface area contributed by atoms with Gasteiger partial charge in [0.1, 0.15) is 11.5 Å². The Morgan fingerprint density at radius 1 is 1.05 bits per heavy atom. The van der Waals surface area contributed by atoms with Gasteiger partial charge in [0, 0.05) is 35.3 Å². The Balaban J connectivity index is 1.43. The van der Waals surface area contributed by atoms with Gasteiger partial charge < -0.3 is 10.2 Å². The van der Waals surface area contributed by atoms with E-state index in [1.165, 1.54) is 12.1 Å². The second-order valence-electron chi connectivity index (χ2n) is 11.7. The molecule has 2 aliphatic rings. The lowest BCUT2D eigenvalue weighted by Gasteiger charge is -2.33. The number of halogens is 1. The van der Waals surface area contributed by atoms with Gasteiger partial charge in [-0.3, -0.25) is 14.1 Å². The third-order valence-corrected chi connectivity index (χ3v) is 10.2. The summed E-state index contributed by atoms with van der Waals surface area (Å²) in [5, 5.41) is 3.62. The fourth-order valence-electron chi connectivity index (χ4n) is 6.00. The minimum Gasteiger partial charge on any atom is -0.351 e. The maximum atomic E-state index is 15.1. The van der Waals surface area contributed by atoms with Gasteiger partial charge >= 0.3 is 0 Å². The van der Waals surface area contributed by atoms with Gasteiger partial charge in [-0.25, -0.2) is 17.8 Å². The molecule has 11 heteroatoms. The van der Waals surface area contributed by atoms with Crippen LogP contribution >= 0.6 is 0 Å². The van der Waals surface area contributed by atoms with Crippen molar-refractivity contribution >= 4 is 32.7 Å². The smallest absolute Gasteiger partial charge is 0.260 e. The van der Waals surface area contributed by atoms with Gasteiger partial charge in [-0.1, -0.05) is 18.9 Å². The van der Waals surface area contributed by atoms with Crippen LogP contribution in [0.5, 0.6) is 0 Å². The maximum absolute atomic E-state index is 15.1. The zero-order chi connectivity index (χ0) is 28.6. The third kappa shape index (κ3) is 5.85. The molecule has 5 rings (SSSR count). The summed E-state index contributed by atoms with van der Waals surface area (Å²) in [4.78, 5) is 25.2. The molecule has 40 heavy (non-hydrogen) atoms. The summed E-state index contributed by atoms with van der Waals surface area (Å²) >= 11 is 0. The molecule has 0 radical (unpaired) electrons. The van der Waals surface area contributed by atoms with Gasteiger partial charge in [0.05, 0.1) is 10.9 Å². The summed E-state index contributed by atoms with van der Waals surface area (Å²) in [6.45, 7) is 3.81. The Morgan fingerprint density at radius 3 is 2.38 bits per heavy atom. The van der Waals surface area contributed by atoms with Crippen LogP contribution in [0.2, 0.25) is 0 Å². The van der Waals surface area contributed by atoms with Crippen LogP contribution in [0.3, 0.4) is 0 Å². The normalized spacial score (nSPS) is 20.5. The molecule has 2 fully saturated rings. The third-order valence-electron chi connectivity index (χ3n) is 8.32. The number of rotatable bonds is 8. The molecule has 0 spiro atoms. The Hall–Kier alpha value is -3.05. The molecule has 3 aromatic rings. The second-order valence-corrected chi connectivity index (χ2v) is 13.6. The molecule has 0 unspecified atom stereocenters. The van der Waals surface area contributed by atoms with E-state index in [2.05, 4.69) is 34.0 Å². The average molecular weight is 571 g/mol. The number of pyridine rings is 1. The first-order valence-electron chi connectivity index (χ1n) is 14.2. The average Bonchev–Trinajstić information content (AvgIpc) is 3.46. The molecular weight excluding hydrogens is 531 g/mol. The number of nitrogens with zero attached hydrogens (tertiary/aromatic N) is 4. The zero-order valence-electron chi connectivity index (χ0n) is 23.7. The Labute approximate surface area is 235 Å². The number of hydrogen-bond donors (Lipinski definition) is 2. The molecule has 0 amide bonds. The van der Waals surface area contributed by atoms with Crippen molar-refractivity contribution in [1.82, 2.24) is 19.4 Å². The lowest BCUT2D eigenvalue weighted by molar-refractivity contribution is 0.221. The first-order valence-corrected chi connectivity index (χ1v) is 15.7. The summed E-state index contributed by atoms with van der Waals surface area (Å²) < 4.78 is 44.5. The predicted molar refractivity (Wildman–Crippen MR) is 158 cm³/mol. The fraction of sp³-hybridized carbons (Fsp3) is 0.552. The SMILES string of the molecule is CC(C)n1c(=O)c(-c2ccc(NS(=O)(=O)C3CCCC3)c(F)c2)cc2cnc(N[C@H]3CC[C@H](N(C)C)CC3)nc21. The van der Waals surface area contributed by atoms with E-state index in [1.807, 2.05) is 13.8 Å². The summed E-state index contributed by atoms with van der Waals surface area (Å²) in [6, 6.07) is 6.51. The minimum atomic E-state index is -3.67. The van der Waals surface area contributed by atoms with E-state index < -0.39 is 21.1 Å². The van der Waals surface area contributed by atoms with Gasteiger partial charge in [-0.05, 0) is 90.2 Å². The van der Waals surface area contributed by atoms with Crippen molar-refractivity contribution in [3.8, 4) is 11.1 Å². The minimum absolute atomic E-state index is 0.112. The summed E-state index contributed by atoms with van der Waals surface area (Å²) in [6.07, 6.45) is 8.84. The van der Waals surface area contributed by atoms with Gasteiger partial charge in [0.15, 0.2) is 0 Å². The molecule has 1 aromatic carbocycles. The molecule has 2 aromatic heterocycles. The van der Waals surface area contributed by atoms with Crippen LogP contribution in [-0.2, 0) is 10.0 Å². The van der Waals surface area contributed by atoms with Gasteiger partial charge in [0.25, 0.3) is 5.56 Å². The Kier molecular flexibility index (Phi) is 8.15. The number of sulfonamides is 1. The largest absolute Gasteiger partial charge is 0.351 e. The zero-order valence-corrected chi connectivity index (χ0v) is 24.5. The van der Waals surface area contributed by atoms with Crippen molar-refractivity contribution in [3.05, 3.63) is 46.6 Å².